The van der Waals surface area contributed by atoms with Crippen molar-refractivity contribution >= 4 is 17.6 Å². The topological polar surface area (TPSA) is 87.8 Å². The molecular weight excluding hydrogens is 232 g/mol. The predicted molar refractivity (Wildman–Crippen MR) is 68.1 cm³/mol. The lowest BCUT2D eigenvalue weighted by Gasteiger charge is -2.34. The highest BCUT2D eigenvalue weighted by molar-refractivity contribution is 5.97. The van der Waals surface area contributed by atoms with Crippen LogP contribution < -0.4 is 11.1 Å². The van der Waals surface area contributed by atoms with E-state index in [-0.39, 0.29) is 23.9 Å². The third-order valence-corrected chi connectivity index (χ3v) is 3.47. The fourth-order valence-corrected chi connectivity index (χ4v) is 2.58. The van der Waals surface area contributed by atoms with E-state index in [2.05, 4.69) is 10.3 Å². The minimum absolute atomic E-state index is 0.00407. The molecule has 2 amide bonds. The van der Waals surface area contributed by atoms with Crippen molar-refractivity contribution < 1.29 is 9.59 Å². The van der Waals surface area contributed by atoms with Crippen LogP contribution in [0.2, 0.25) is 0 Å². The average Bonchev–Trinajstić information content (AvgIpc) is 2.80. The molecule has 100 valence electrons. The van der Waals surface area contributed by atoms with Gasteiger partial charge in [0, 0.05) is 13.1 Å². The Hall–Kier alpha value is -1.59. The first-order chi connectivity index (χ1) is 8.59. The van der Waals surface area contributed by atoms with Gasteiger partial charge in [0.15, 0.2) is 0 Å². The van der Waals surface area contributed by atoms with Crippen molar-refractivity contribution in [2.45, 2.75) is 44.7 Å². The number of amides is 2. The number of carbonyl (C=O) groups excluding carboxylic acids is 2. The summed E-state index contributed by atoms with van der Waals surface area (Å²) in [6, 6.07) is -0.599. The Labute approximate surface area is 107 Å². The summed E-state index contributed by atoms with van der Waals surface area (Å²) in [7, 11) is 0. The SMILES string of the molecule is CC(N)=NCCC[C@@H]1NC(=O)[C@@H]2CCCN2C1=O. The van der Waals surface area contributed by atoms with Crippen molar-refractivity contribution in [3.63, 3.8) is 0 Å². The fourth-order valence-electron chi connectivity index (χ4n) is 2.58. The summed E-state index contributed by atoms with van der Waals surface area (Å²) in [4.78, 5) is 29.8. The minimum atomic E-state index is -0.375. The van der Waals surface area contributed by atoms with Crippen molar-refractivity contribution in [3.05, 3.63) is 0 Å². The number of carbonyl (C=O) groups is 2. The molecule has 0 bridgehead atoms. The summed E-state index contributed by atoms with van der Waals surface area (Å²) >= 11 is 0. The van der Waals surface area contributed by atoms with Crippen LogP contribution in [0.4, 0.5) is 0 Å². The molecule has 0 aromatic rings. The van der Waals surface area contributed by atoms with Gasteiger partial charge in [0.2, 0.25) is 11.8 Å². The van der Waals surface area contributed by atoms with Gasteiger partial charge in [-0.1, -0.05) is 0 Å². The molecule has 0 radical (unpaired) electrons. The third kappa shape index (κ3) is 2.63. The zero-order chi connectivity index (χ0) is 13.1. The first-order valence-corrected chi connectivity index (χ1v) is 6.47. The Morgan fingerprint density at radius 2 is 2.33 bits per heavy atom. The number of nitrogens with zero attached hydrogens (tertiary/aromatic N) is 2. The maximum Gasteiger partial charge on any atom is 0.245 e. The molecule has 2 rings (SSSR count). The molecule has 0 spiro atoms. The molecular formula is C12H20N4O2. The zero-order valence-electron chi connectivity index (χ0n) is 10.7. The lowest BCUT2D eigenvalue weighted by atomic mass is 10.0. The molecule has 6 heteroatoms. The van der Waals surface area contributed by atoms with Gasteiger partial charge < -0.3 is 16.0 Å². The Kier molecular flexibility index (Phi) is 3.84. The van der Waals surface area contributed by atoms with Gasteiger partial charge in [-0.05, 0) is 32.6 Å². The second kappa shape index (κ2) is 5.37. The van der Waals surface area contributed by atoms with Crippen LogP contribution in [-0.4, -0.2) is 47.7 Å². The second-order valence-electron chi connectivity index (χ2n) is 4.92. The zero-order valence-corrected chi connectivity index (χ0v) is 10.7. The number of fused-ring (bicyclic) bond motifs is 1. The molecule has 2 aliphatic rings. The van der Waals surface area contributed by atoms with Gasteiger partial charge in [-0.25, -0.2) is 0 Å². The van der Waals surface area contributed by atoms with Crippen molar-refractivity contribution in [1.82, 2.24) is 10.2 Å². The van der Waals surface area contributed by atoms with E-state index in [1.165, 1.54) is 0 Å². The van der Waals surface area contributed by atoms with Crippen LogP contribution in [0.5, 0.6) is 0 Å². The average molecular weight is 252 g/mol. The highest BCUT2D eigenvalue weighted by Crippen LogP contribution is 2.23. The number of piperazine rings is 1. The maximum atomic E-state index is 12.1. The number of aliphatic imine (C=N–C) groups is 1. The molecule has 3 N–H and O–H groups in total. The van der Waals surface area contributed by atoms with Crippen molar-refractivity contribution in [2.24, 2.45) is 10.7 Å². The van der Waals surface area contributed by atoms with Gasteiger partial charge in [0.05, 0.1) is 5.84 Å². The van der Waals surface area contributed by atoms with Crippen LogP contribution in [-0.2, 0) is 9.59 Å². The van der Waals surface area contributed by atoms with Gasteiger partial charge in [-0.2, -0.15) is 0 Å². The second-order valence-corrected chi connectivity index (χ2v) is 4.92. The van der Waals surface area contributed by atoms with E-state index in [9.17, 15) is 9.59 Å². The van der Waals surface area contributed by atoms with Gasteiger partial charge in [-0.15, -0.1) is 0 Å². The van der Waals surface area contributed by atoms with E-state index in [0.29, 0.717) is 25.3 Å². The summed E-state index contributed by atoms with van der Waals surface area (Å²) in [5.41, 5.74) is 5.44. The molecule has 2 aliphatic heterocycles. The van der Waals surface area contributed by atoms with Gasteiger partial charge in [-0.3, -0.25) is 14.6 Å². The number of nitrogens with one attached hydrogen (secondary N) is 1. The predicted octanol–water partition coefficient (Wildman–Crippen LogP) is -0.367. The molecule has 0 aromatic heterocycles. The molecule has 0 unspecified atom stereocenters. The Morgan fingerprint density at radius 3 is 3.06 bits per heavy atom. The fraction of sp³-hybridized carbons (Fsp3) is 0.750. The highest BCUT2D eigenvalue weighted by Gasteiger charge is 2.42. The molecule has 6 nitrogen and oxygen atoms in total. The van der Waals surface area contributed by atoms with E-state index in [1.54, 1.807) is 11.8 Å². The molecule has 0 aromatic carbocycles. The molecule has 2 atom stereocenters. The van der Waals surface area contributed by atoms with Gasteiger partial charge in [0.1, 0.15) is 12.1 Å². The van der Waals surface area contributed by atoms with Crippen molar-refractivity contribution in [2.75, 3.05) is 13.1 Å². The van der Waals surface area contributed by atoms with E-state index < -0.39 is 0 Å². The number of hydrogen-bond acceptors (Lipinski definition) is 3. The standard InChI is InChI=1S/C12H20N4O2/c1-8(13)14-6-2-4-9-12(18)16-7-3-5-10(16)11(17)15-9/h9-10H,2-7H2,1H3,(H2,13,14)(H,15,17)/t9-,10-/m0/s1. The lowest BCUT2D eigenvalue weighted by molar-refractivity contribution is -0.147. The molecule has 18 heavy (non-hydrogen) atoms. The number of hydrogen-bond donors (Lipinski definition) is 2. The number of rotatable bonds is 4. The molecule has 2 heterocycles. The summed E-state index contributed by atoms with van der Waals surface area (Å²) < 4.78 is 0. The maximum absolute atomic E-state index is 12.1. The van der Waals surface area contributed by atoms with E-state index in [0.717, 1.165) is 19.3 Å². The van der Waals surface area contributed by atoms with E-state index in [1.807, 2.05) is 0 Å². The van der Waals surface area contributed by atoms with Crippen LogP contribution in [0.1, 0.15) is 32.6 Å². The van der Waals surface area contributed by atoms with Crippen LogP contribution in [0, 0.1) is 0 Å². The highest BCUT2D eigenvalue weighted by atomic mass is 16.2. The lowest BCUT2D eigenvalue weighted by Crippen LogP contribution is -2.61. The molecule has 2 saturated heterocycles. The first-order valence-electron chi connectivity index (χ1n) is 6.47. The smallest absolute Gasteiger partial charge is 0.245 e. The molecule has 0 aliphatic carbocycles. The third-order valence-electron chi connectivity index (χ3n) is 3.47. The van der Waals surface area contributed by atoms with Gasteiger partial charge in [0.25, 0.3) is 0 Å². The Bertz CT molecular complexity index is 376. The molecule has 2 fully saturated rings. The van der Waals surface area contributed by atoms with Crippen LogP contribution in [0.3, 0.4) is 0 Å². The number of amidine groups is 1. The Balaban J connectivity index is 1.87. The monoisotopic (exact) mass is 252 g/mol. The summed E-state index contributed by atoms with van der Waals surface area (Å²) in [6.07, 6.45) is 3.10. The normalized spacial score (nSPS) is 28.3. The van der Waals surface area contributed by atoms with Crippen LogP contribution in [0.25, 0.3) is 0 Å². The van der Waals surface area contributed by atoms with E-state index >= 15 is 0 Å². The van der Waals surface area contributed by atoms with Gasteiger partial charge >= 0.3 is 0 Å². The Morgan fingerprint density at radius 1 is 1.56 bits per heavy atom. The summed E-state index contributed by atoms with van der Waals surface area (Å²) in [5.74, 6) is 0.606. The van der Waals surface area contributed by atoms with Crippen LogP contribution >= 0.6 is 0 Å². The van der Waals surface area contributed by atoms with Crippen molar-refractivity contribution in [3.8, 4) is 0 Å². The van der Waals surface area contributed by atoms with E-state index in [4.69, 9.17) is 5.73 Å². The van der Waals surface area contributed by atoms with Crippen LogP contribution in [0.15, 0.2) is 4.99 Å². The quantitative estimate of drug-likeness (QED) is 0.406. The summed E-state index contributed by atoms with van der Waals surface area (Å²) in [6.45, 7) is 3.06. The number of nitrogens with two attached hydrogens (primary N) is 1. The largest absolute Gasteiger partial charge is 0.388 e. The minimum Gasteiger partial charge on any atom is -0.388 e. The molecule has 0 saturated carbocycles. The first kappa shape index (κ1) is 12.9. The summed E-state index contributed by atoms with van der Waals surface area (Å²) in [5, 5.41) is 2.82. The van der Waals surface area contributed by atoms with Crippen molar-refractivity contribution in [1.29, 1.82) is 0 Å².